The summed E-state index contributed by atoms with van der Waals surface area (Å²) in [6.07, 6.45) is 1.79. The predicted octanol–water partition coefficient (Wildman–Crippen LogP) is 5.54. The highest BCUT2D eigenvalue weighted by Gasteiger charge is 2.26. The summed E-state index contributed by atoms with van der Waals surface area (Å²) >= 11 is 0. The van der Waals surface area contributed by atoms with E-state index in [0.29, 0.717) is 40.3 Å². The fourth-order valence-electron chi connectivity index (χ4n) is 5.18. The molecule has 2 aromatic heterocycles. The van der Waals surface area contributed by atoms with Crippen molar-refractivity contribution in [1.82, 2.24) is 14.8 Å². The molecule has 3 heterocycles. The molecule has 0 spiro atoms. The highest BCUT2D eigenvalue weighted by Crippen LogP contribution is 2.31. The van der Waals surface area contributed by atoms with E-state index in [9.17, 15) is 9.59 Å². The second kappa shape index (κ2) is 10.6. The number of ether oxygens (including phenoxy) is 2. The molecule has 0 radical (unpaired) electrons. The third kappa shape index (κ3) is 4.68. The number of fused-ring (bicyclic) bond motifs is 2. The van der Waals surface area contributed by atoms with Crippen molar-refractivity contribution in [2.45, 2.75) is 19.8 Å². The molecule has 0 atom stereocenters. The van der Waals surface area contributed by atoms with Crippen molar-refractivity contribution in [1.29, 1.82) is 0 Å². The molecule has 6 rings (SSSR count). The number of pyridine rings is 1. The monoisotopic (exact) mass is 532 g/mol. The summed E-state index contributed by atoms with van der Waals surface area (Å²) in [7, 11) is 1.61. The van der Waals surface area contributed by atoms with Gasteiger partial charge in [0.2, 0.25) is 0 Å². The van der Waals surface area contributed by atoms with E-state index in [2.05, 4.69) is 0 Å². The number of amides is 1. The Morgan fingerprint density at radius 1 is 0.950 bits per heavy atom. The lowest BCUT2D eigenvalue weighted by atomic mass is 10.0. The number of carbonyl (C=O) groups is 2. The second-order valence-corrected chi connectivity index (χ2v) is 9.67. The number of carbonyl (C=O) groups excluding carboxylic acids is 2. The van der Waals surface area contributed by atoms with Crippen molar-refractivity contribution in [3.8, 4) is 22.7 Å². The first kappa shape index (κ1) is 25.3. The molecule has 8 nitrogen and oxygen atoms in total. The average molecular weight is 533 g/mol. The van der Waals surface area contributed by atoms with Gasteiger partial charge in [0.25, 0.3) is 5.91 Å². The Morgan fingerprint density at radius 3 is 2.48 bits per heavy atom. The van der Waals surface area contributed by atoms with Crippen LogP contribution >= 0.6 is 0 Å². The van der Waals surface area contributed by atoms with Gasteiger partial charge in [0.15, 0.2) is 12.3 Å². The number of aromatic nitrogens is 3. The molecule has 0 saturated heterocycles. The molecule has 1 aliphatic rings. The number of methoxy groups -OCH3 is 1. The maximum atomic E-state index is 13.6. The number of para-hydroxylation sites is 2. The van der Waals surface area contributed by atoms with Crippen LogP contribution in [0.2, 0.25) is 0 Å². The van der Waals surface area contributed by atoms with Gasteiger partial charge in [-0.15, -0.1) is 0 Å². The van der Waals surface area contributed by atoms with E-state index in [1.165, 1.54) is 0 Å². The smallest absolute Gasteiger partial charge is 0.339 e. The molecule has 200 valence electrons. The number of anilines is 1. The van der Waals surface area contributed by atoms with E-state index in [-0.39, 0.29) is 12.5 Å². The number of esters is 1. The van der Waals surface area contributed by atoms with Gasteiger partial charge < -0.3 is 14.4 Å². The fourth-order valence-corrected chi connectivity index (χ4v) is 5.18. The zero-order valence-electron chi connectivity index (χ0n) is 22.3. The van der Waals surface area contributed by atoms with E-state index in [1.54, 1.807) is 22.8 Å². The Morgan fingerprint density at radius 2 is 1.70 bits per heavy atom. The van der Waals surface area contributed by atoms with Gasteiger partial charge in [-0.1, -0.05) is 36.4 Å². The fraction of sp³-hybridized carbons (Fsp3) is 0.188. The average Bonchev–Trinajstić information content (AvgIpc) is 3.35. The second-order valence-electron chi connectivity index (χ2n) is 9.67. The first-order valence-corrected chi connectivity index (χ1v) is 13.2. The molecule has 3 aromatic carbocycles. The number of nitrogens with zero attached hydrogens (tertiary/aromatic N) is 4. The van der Waals surface area contributed by atoms with Crippen LogP contribution < -0.4 is 9.64 Å². The topological polar surface area (TPSA) is 86.5 Å². The van der Waals surface area contributed by atoms with Crippen LogP contribution in [0.15, 0.2) is 84.9 Å². The first-order valence-electron chi connectivity index (χ1n) is 13.2. The molecule has 0 bridgehead atoms. The van der Waals surface area contributed by atoms with Crippen molar-refractivity contribution < 1.29 is 19.1 Å². The lowest BCUT2D eigenvalue weighted by Gasteiger charge is -2.29. The van der Waals surface area contributed by atoms with Gasteiger partial charge in [0.1, 0.15) is 5.75 Å². The minimum Gasteiger partial charge on any atom is -0.497 e. The van der Waals surface area contributed by atoms with E-state index >= 15 is 0 Å². The Balaban J connectivity index is 1.37. The number of benzene rings is 3. The maximum Gasteiger partial charge on any atom is 0.339 e. The van der Waals surface area contributed by atoms with Crippen LogP contribution in [0.3, 0.4) is 0 Å². The van der Waals surface area contributed by atoms with Crippen molar-refractivity contribution >= 4 is 28.6 Å². The van der Waals surface area contributed by atoms with Gasteiger partial charge in [-0.3, -0.25) is 4.79 Å². The van der Waals surface area contributed by atoms with Crippen molar-refractivity contribution in [3.05, 3.63) is 102 Å². The largest absolute Gasteiger partial charge is 0.497 e. The zero-order chi connectivity index (χ0) is 27.6. The summed E-state index contributed by atoms with van der Waals surface area (Å²) in [6.45, 7) is 2.07. The number of rotatable bonds is 6. The Kier molecular flexibility index (Phi) is 6.74. The summed E-state index contributed by atoms with van der Waals surface area (Å²) in [5, 5.41) is 5.30. The summed E-state index contributed by atoms with van der Waals surface area (Å²) in [4.78, 5) is 33.4. The first-order chi connectivity index (χ1) is 19.5. The molecule has 1 aliphatic heterocycles. The van der Waals surface area contributed by atoms with Gasteiger partial charge in [0, 0.05) is 17.8 Å². The summed E-state index contributed by atoms with van der Waals surface area (Å²) in [5.41, 5.74) is 5.67. The lowest BCUT2D eigenvalue weighted by molar-refractivity contribution is -0.121. The molecule has 0 unspecified atom stereocenters. The quantitative estimate of drug-likeness (QED) is 0.267. The molecule has 5 aromatic rings. The molecular weight excluding hydrogens is 504 g/mol. The van der Waals surface area contributed by atoms with Crippen LogP contribution in [0.25, 0.3) is 28.0 Å². The molecular formula is C32H28N4O4. The predicted molar refractivity (Wildman–Crippen MR) is 153 cm³/mol. The number of hydrogen-bond acceptors (Lipinski definition) is 6. The summed E-state index contributed by atoms with van der Waals surface area (Å²) in [5.74, 6) is -0.137. The Bertz CT molecular complexity index is 1710. The van der Waals surface area contributed by atoms with E-state index in [0.717, 1.165) is 35.3 Å². The third-order valence-electron chi connectivity index (χ3n) is 7.16. The normalized spacial score (nSPS) is 12.7. The lowest BCUT2D eigenvalue weighted by Crippen LogP contribution is -2.38. The van der Waals surface area contributed by atoms with Gasteiger partial charge in [-0.25, -0.2) is 14.5 Å². The van der Waals surface area contributed by atoms with Crippen molar-refractivity contribution in [3.63, 3.8) is 0 Å². The molecule has 0 fully saturated rings. The summed E-state index contributed by atoms with van der Waals surface area (Å²) < 4.78 is 12.7. The van der Waals surface area contributed by atoms with Gasteiger partial charge in [-0.2, -0.15) is 5.10 Å². The highest BCUT2D eigenvalue weighted by molar-refractivity contribution is 6.06. The van der Waals surface area contributed by atoms with Crippen molar-refractivity contribution in [2.24, 2.45) is 0 Å². The highest BCUT2D eigenvalue weighted by atomic mass is 16.5. The minimum absolute atomic E-state index is 0.252. The Hall–Kier alpha value is -4.98. The van der Waals surface area contributed by atoms with Crippen LogP contribution in [-0.4, -0.2) is 46.9 Å². The van der Waals surface area contributed by atoms with Crippen LogP contribution in [0.5, 0.6) is 5.75 Å². The third-order valence-corrected chi connectivity index (χ3v) is 7.16. The molecule has 8 heteroatoms. The molecule has 1 amide bonds. The van der Waals surface area contributed by atoms with Crippen LogP contribution in [0.1, 0.15) is 28.0 Å². The SMILES string of the molecule is COc1ccc(-c2cc(C(=O)OCC(=O)N3CCCc4ccccc43)c3c(C)nn(-c4ccccc4)c3n2)cc1. The van der Waals surface area contributed by atoms with E-state index in [4.69, 9.17) is 19.6 Å². The molecule has 40 heavy (non-hydrogen) atoms. The van der Waals surface area contributed by atoms with Crippen LogP contribution in [0.4, 0.5) is 5.69 Å². The van der Waals surface area contributed by atoms with Crippen molar-refractivity contribution in [2.75, 3.05) is 25.2 Å². The number of aryl methyl sites for hydroxylation is 2. The Labute approximate surface area is 231 Å². The zero-order valence-corrected chi connectivity index (χ0v) is 22.3. The van der Waals surface area contributed by atoms with Crippen LogP contribution in [-0.2, 0) is 16.0 Å². The van der Waals surface area contributed by atoms with Gasteiger partial charge in [0.05, 0.1) is 35.1 Å². The standard InChI is InChI=1S/C32H28N4O4/c1-21-30-26(32(38)40-20-29(37)35-18-8-10-23-9-6-7-13-28(23)35)19-27(22-14-16-25(39-2)17-15-22)33-31(30)36(34-21)24-11-4-3-5-12-24/h3-7,9,11-17,19H,8,10,18,20H2,1-2H3. The van der Waals surface area contributed by atoms with Gasteiger partial charge in [-0.05, 0) is 73.9 Å². The van der Waals surface area contributed by atoms with E-state index < -0.39 is 5.97 Å². The number of hydrogen-bond donors (Lipinski definition) is 0. The molecule has 0 saturated carbocycles. The molecule has 0 aliphatic carbocycles. The maximum absolute atomic E-state index is 13.6. The molecule has 0 N–H and O–H groups in total. The van der Waals surface area contributed by atoms with Crippen LogP contribution in [0, 0.1) is 6.92 Å². The van der Waals surface area contributed by atoms with E-state index in [1.807, 2.05) is 85.8 Å². The summed E-state index contributed by atoms with van der Waals surface area (Å²) in [6, 6.07) is 26.6. The minimum atomic E-state index is -0.600. The van der Waals surface area contributed by atoms with Gasteiger partial charge >= 0.3 is 5.97 Å².